The summed E-state index contributed by atoms with van der Waals surface area (Å²) in [6, 6.07) is 9.61. The van der Waals surface area contributed by atoms with Crippen molar-refractivity contribution in [2.45, 2.75) is 6.61 Å². The number of hydrogen-bond acceptors (Lipinski definition) is 4. The largest absolute Gasteiger partial charge is 0.493 e. The summed E-state index contributed by atoms with van der Waals surface area (Å²) in [6.45, 7) is 0.165. The second-order valence-corrected chi connectivity index (χ2v) is 4.17. The molecule has 0 bridgehead atoms. The average Bonchev–Trinajstić information content (AvgIpc) is 2.43. The maximum absolute atomic E-state index is 13.3. The maximum Gasteiger partial charge on any atom is 0.203 e. The van der Waals surface area contributed by atoms with Crippen LogP contribution in [-0.2, 0) is 6.61 Å². The molecule has 0 heterocycles. The normalized spacial score (nSPS) is 10.2. The fourth-order valence-electron chi connectivity index (χ4n) is 1.87. The van der Waals surface area contributed by atoms with Gasteiger partial charge in [-0.3, -0.25) is 0 Å². The van der Waals surface area contributed by atoms with Gasteiger partial charge in [-0.15, -0.1) is 0 Å². The number of benzene rings is 2. The molecule has 5 heteroatoms. The van der Waals surface area contributed by atoms with Crippen LogP contribution in [0.2, 0.25) is 0 Å². The Bertz CT molecular complexity index is 559. The number of hydrogen-bond donors (Lipinski definition) is 1. The number of halogens is 1. The highest BCUT2D eigenvalue weighted by Gasteiger charge is 2.11. The second kappa shape index (κ2) is 6.14. The first-order valence-electron chi connectivity index (χ1n) is 6.02. The topological polar surface area (TPSA) is 53.7 Å². The molecule has 0 aliphatic rings. The van der Waals surface area contributed by atoms with E-state index >= 15 is 0 Å². The van der Waals surface area contributed by atoms with E-state index in [2.05, 4.69) is 0 Å². The minimum atomic E-state index is -0.393. The number of rotatable bonds is 5. The monoisotopic (exact) mass is 277 g/mol. The highest BCUT2D eigenvalue weighted by Crippen LogP contribution is 2.37. The highest BCUT2D eigenvalue weighted by molar-refractivity contribution is 5.51. The molecule has 0 spiro atoms. The average molecular weight is 277 g/mol. The molecule has 2 aromatic rings. The Morgan fingerprint density at radius 1 is 1.05 bits per heavy atom. The van der Waals surface area contributed by atoms with Gasteiger partial charge in [0.05, 0.1) is 14.2 Å². The van der Waals surface area contributed by atoms with Gasteiger partial charge in [-0.1, -0.05) is 6.07 Å². The van der Waals surface area contributed by atoms with E-state index in [1.165, 1.54) is 12.1 Å². The molecule has 4 nitrogen and oxygen atoms in total. The molecule has 0 fully saturated rings. The molecule has 0 amide bonds. The summed E-state index contributed by atoms with van der Waals surface area (Å²) in [5, 5.41) is 0. The zero-order valence-electron chi connectivity index (χ0n) is 11.4. The summed E-state index contributed by atoms with van der Waals surface area (Å²) in [4.78, 5) is 0. The van der Waals surface area contributed by atoms with Crippen LogP contribution in [0, 0.1) is 5.82 Å². The van der Waals surface area contributed by atoms with Gasteiger partial charge in [-0.25, -0.2) is 4.39 Å². The Kier molecular flexibility index (Phi) is 4.30. The molecule has 0 atom stereocenters. The molecule has 2 rings (SSSR count). The Hall–Kier alpha value is -2.43. The Balaban J connectivity index is 2.22. The van der Waals surface area contributed by atoms with Crippen LogP contribution in [0.25, 0.3) is 0 Å². The zero-order chi connectivity index (χ0) is 14.5. The molecule has 0 saturated heterocycles. The van der Waals surface area contributed by atoms with Gasteiger partial charge in [0.25, 0.3) is 0 Å². The molecule has 0 saturated carbocycles. The molecule has 106 valence electrons. The van der Waals surface area contributed by atoms with Crippen molar-refractivity contribution in [1.82, 2.24) is 0 Å². The van der Waals surface area contributed by atoms with Crippen molar-refractivity contribution in [2.24, 2.45) is 0 Å². The van der Waals surface area contributed by atoms with E-state index in [-0.39, 0.29) is 6.61 Å². The molecule has 2 N–H and O–H groups in total. The summed E-state index contributed by atoms with van der Waals surface area (Å²) in [7, 11) is 3.09. The lowest BCUT2D eigenvalue weighted by Crippen LogP contribution is -2.01. The maximum atomic E-state index is 13.3. The zero-order valence-corrected chi connectivity index (χ0v) is 11.4. The molecule has 0 unspecified atom stereocenters. The molecule has 0 aromatic heterocycles. The smallest absolute Gasteiger partial charge is 0.203 e. The lowest BCUT2D eigenvalue weighted by molar-refractivity contribution is 0.265. The van der Waals surface area contributed by atoms with E-state index in [4.69, 9.17) is 19.9 Å². The summed E-state index contributed by atoms with van der Waals surface area (Å²) in [6.07, 6.45) is 0. The van der Waals surface area contributed by atoms with Crippen molar-refractivity contribution in [3.63, 3.8) is 0 Å². The van der Waals surface area contributed by atoms with Crippen LogP contribution in [0.15, 0.2) is 36.4 Å². The first kappa shape index (κ1) is 14.0. The number of anilines is 1. The predicted octanol–water partition coefficient (Wildman–Crippen LogP) is 3.00. The van der Waals surface area contributed by atoms with Gasteiger partial charge in [0.2, 0.25) is 5.75 Å². The van der Waals surface area contributed by atoms with Crippen molar-refractivity contribution < 1.29 is 18.6 Å². The van der Waals surface area contributed by atoms with Gasteiger partial charge >= 0.3 is 0 Å². The van der Waals surface area contributed by atoms with Crippen molar-refractivity contribution in [2.75, 3.05) is 20.0 Å². The molecule has 2 aromatic carbocycles. The third kappa shape index (κ3) is 3.12. The number of nitrogens with two attached hydrogens (primary N) is 1. The quantitative estimate of drug-likeness (QED) is 0.854. The summed E-state index contributed by atoms with van der Waals surface area (Å²) >= 11 is 0. The fraction of sp³-hybridized carbons (Fsp3) is 0.200. The van der Waals surface area contributed by atoms with Crippen LogP contribution in [0.1, 0.15) is 5.56 Å². The van der Waals surface area contributed by atoms with Gasteiger partial charge in [0.15, 0.2) is 11.5 Å². The number of nitrogen functional groups attached to an aromatic ring is 1. The summed E-state index contributed by atoms with van der Waals surface area (Å²) in [5.74, 6) is 1.18. The fourth-order valence-corrected chi connectivity index (χ4v) is 1.87. The van der Waals surface area contributed by atoms with Crippen molar-refractivity contribution in [3.8, 4) is 17.2 Å². The number of methoxy groups -OCH3 is 2. The van der Waals surface area contributed by atoms with E-state index < -0.39 is 5.82 Å². The number of para-hydroxylation sites is 1. The van der Waals surface area contributed by atoms with E-state index in [0.29, 0.717) is 28.5 Å². The highest BCUT2D eigenvalue weighted by atomic mass is 19.1. The Labute approximate surface area is 116 Å². The van der Waals surface area contributed by atoms with E-state index in [1.54, 1.807) is 38.5 Å². The van der Waals surface area contributed by atoms with Gasteiger partial charge < -0.3 is 19.9 Å². The molecular weight excluding hydrogens is 261 g/mol. The summed E-state index contributed by atoms with van der Waals surface area (Å²) < 4.78 is 29.4. The molecule has 0 aliphatic heterocycles. The van der Waals surface area contributed by atoms with Crippen LogP contribution < -0.4 is 19.9 Å². The SMILES string of the molecule is COc1cccc(OC)c1OCc1cc(N)cc(F)c1. The Morgan fingerprint density at radius 2 is 1.70 bits per heavy atom. The first-order valence-corrected chi connectivity index (χ1v) is 6.02. The summed E-state index contributed by atoms with van der Waals surface area (Å²) in [5.41, 5.74) is 6.59. The van der Waals surface area contributed by atoms with Crippen LogP contribution in [-0.4, -0.2) is 14.2 Å². The van der Waals surface area contributed by atoms with Crippen molar-refractivity contribution in [1.29, 1.82) is 0 Å². The van der Waals surface area contributed by atoms with Gasteiger partial charge in [-0.05, 0) is 35.9 Å². The molecule has 0 aliphatic carbocycles. The second-order valence-electron chi connectivity index (χ2n) is 4.17. The standard InChI is InChI=1S/C15H16FNO3/c1-18-13-4-3-5-14(19-2)15(13)20-9-10-6-11(16)8-12(17)7-10/h3-8H,9,17H2,1-2H3. The van der Waals surface area contributed by atoms with Gasteiger partial charge in [-0.2, -0.15) is 0 Å². The lowest BCUT2D eigenvalue weighted by Gasteiger charge is -2.14. The minimum absolute atomic E-state index is 0.165. The predicted molar refractivity (Wildman–Crippen MR) is 74.7 cm³/mol. The Morgan fingerprint density at radius 3 is 2.25 bits per heavy atom. The minimum Gasteiger partial charge on any atom is -0.493 e. The number of ether oxygens (including phenoxy) is 3. The first-order chi connectivity index (χ1) is 9.63. The van der Waals surface area contributed by atoms with Gasteiger partial charge in [0, 0.05) is 5.69 Å². The van der Waals surface area contributed by atoms with Crippen LogP contribution >= 0.6 is 0 Å². The van der Waals surface area contributed by atoms with Gasteiger partial charge in [0.1, 0.15) is 12.4 Å². The van der Waals surface area contributed by atoms with Crippen molar-refractivity contribution >= 4 is 5.69 Å². The molecule has 20 heavy (non-hydrogen) atoms. The molecule has 0 radical (unpaired) electrons. The third-order valence-electron chi connectivity index (χ3n) is 2.75. The van der Waals surface area contributed by atoms with E-state index in [9.17, 15) is 4.39 Å². The van der Waals surface area contributed by atoms with E-state index in [0.717, 1.165) is 0 Å². The van der Waals surface area contributed by atoms with Crippen LogP contribution in [0.3, 0.4) is 0 Å². The molecular formula is C15H16FNO3. The van der Waals surface area contributed by atoms with Crippen LogP contribution in [0.4, 0.5) is 10.1 Å². The lowest BCUT2D eigenvalue weighted by atomic mass is 10.2. The third-order valence-corrected chi connectivity index (χ3v) is 2.75. The van der Waals surface area contributed by atoms with E-state index in [1.807, 2.05) is 0 Å². The van der Waals surface area contributed by atoms with Crippen molar-refractivity contribution in [3.05, 3.63) is 47.8 Å². The van der Waals surface area contributed by atoms with Crippen LogP contribution in [0.5, 0.6) is 17.2 Å².